The molecule has 0 heterocycles. The maximum absolute atomic E-state index is 12.6. The van der Waals surface area contributed by atoms with E-state index in [1.807, 2.05) is 48.5 Å². The molecule has 2 N–H and O–H groups in total. The van der Waals surface area contributed by atoms with E-state index in [4.69, 9.17) is 0 Å². The van der Waals surface area contributed by atoms with Crippen LogP contribution in [-0.2, 0) is 11.2 Å². The van der Waals surface area contributed by atoms with E-state index in [0.717, 1.165) is 17.5 Å². The van der Waals surface area contributed by atoms with Crippen molar-refractivity contribution in [3.8, 4) is 0 Å². The standard InChI is InChI=1S/C33H32O2/c34-32(26-17-9-3-10-18-26)22-28(24-13-5-1-6-14-24)30-21-31(32)29(25-15-7-2-8-16-25)23-33(30,35)27-19-11-4-12-20-27/h1-20,28-31,34-35H,21-23H2/t28-,29-,30+,31+,32-,33-/m1/s1. The summed E-state index contributed by atoms with van der Waals surface area (Å²) < 4.78 is 0. The van der Waals surface area contributed by atoms with Gasteiger partial charge in [-0.3, -0.25) is 0 Å². The molecule has 0 unspecified atom stereocenters. The Morgan fingerprint density at radius 2 is 0.771 bits per heavy atom. The van der Waals surface area contributed by atoms with Crippen LogP contribution in [0.4, 0.5) is 0 Å². The smallest absolute Gasteiger partial charge is 0.0936 e. The van der Waals surface area contributed by atoms with Crippen LogP contribution in [0.25, 0.3) is 0 Å². The first kappa shape index (κ1) is 22.3. The Labute approximate surface area is 207 Å². The van der Waals surface area contributed by atoms with Gasteiger partial charge in [0.15, 0.2) is 0 Å². The minimum absolute atomic E-state index is 0.0150. The number of benzene rings is 4. The summed E-state index contributed by atoms with van der Waals surface area (Å²) in [5.74, 6) is 0.113. The third kappa shape index (κ3) is 3.73. The van der Waals surface area contributed by atoms with Crippen molar-refractivity contribution in [2.45, 2.75) is 42.3 Å². The highest BCUT2D eigenvalue weighted by atomic mass is 16.3. The van der Waals surface area contributed by atoms with Gasteiger partial charge in [0.25, 0.3) is 0 Å². The molecule has 4 aromatic carbocycles. The van der Waals surface area contributed by atoms with Crippen LogP contribution in [0, 0.1) is 11.8 Å². The first-order valence-corrected chi connectivity index (χ1v) is 12.8. The molecule has 6 rings (SSSR count). The average Bonchev–Trinajstić information content (AvgIpc) is 2.93. The number of aliphatic hydroxyl groups is 2. The molecule has 6 atom stereocenters. The molecule has 0 saturated heterocycles. The van der Waals surface area contributed by atoms with Crippen LogP contribution in [-0.4, -0.2) is 10.2 Å². The molecule has 2 nitrogen and oxygen atoms in total. The molecule has 0 amide bonds. The van der Waals surface area contributed by atoms with E-state index >= 15 is 0 Å². The third-order valence-corrected chi connectivity index (χ3v) is 8.77. The lowest BCUT2D eigenvalue weighted by Crippen LogP contribution is -2.56. The van der Waals surface area contributed by atoms with Gasteiger partial charge in [0, 0.05) is 0 Å². The van der Waals surface area contributed by atoms with Crippen molar-refractivity contribution in [1.29, 1.82) is 0 Å². The van der Waals surface area contributed by atoms with Crippen molar-refractivity contribution >= 4 is 0 Å². The SMILES string of the molecule is O[C@@]1(c2ccccc2)C[C@H](c2ccccc2)[C@@H]2C[C@H]1[C@@H](c1ccccc1)C[C@@]2(O)c1ccccc1. The minimum atomic E-state index is -0.975. The van der Waals surface area contributed by atoms with Gasteiger partial charge in [-0.25, -0.2) is 0 Å². The van der Waals surface area contributed by atoms with Crippen molar-refractivity contribution in [1.82, 2.24) is 0 Å². The molecule has 2 aliphatic carbocycles. The highest BCUT2D eigenvalue weighted by Gasteiger charge is 2.60. The normalized spacial score (nSPS) is 32.2. The van der Waals surface area contributed by atoms with E-state index in [9.17, 15) is 10.2 Å². The van der Waals surface area contributed by atoms with Crippen LogP contribution in [0.1, 0.15) is 53.4 Å². The molecule has 2 aliphatic rings. The molecular formula is C33H32O2. The molecule has 0 spiro atoms. The first-order valence-electron chi connectivity index (χ1n) is 12.8. The van der Waals surface area contributed by atoms with Gasteiger partial charge < -0.3 is 10.2 Å². The van der Waals surface area contributed by atoms with Crippen LogP contribution in [0.2, 0.25) is 0 Å². The highest BCUT2D eigenvalue weighted by Crippen LogP contribution is 2.64. The molecular weight excluding hydrogens is 428 g/mol. The van der Waals surface area contributed by atoms with Crippen LogP contribution in [0.5, 0.6) is 0 Å². The molecule has 2 heteroatoms. The Morgan fingerprint density at radius 1 is 0.457 bits per heavy atom. The van der Waals surface area contributed by atoms with Crippen LogP contribution in [0.3, 0.4) is 0 Å². The van der Waals surface area contributed by atoms with Gasteiger partial charge in [-0.1, -0.05) is 121 Å². The Morgan fingerprint density at radius 3 is 1.11 bits per heavy atom. The summed E-state index contributed by atoms with van der Waals surface area (Å²) in [4.78, 5) is 0. The predicted molar refractivity (Wildman–Crippen MR) is 140 cm³/mol. The van der Waals surface area contributed by atoms with Crippen molar-refractivity contribution in [3.63, 3.8) is 0 Å². The Hall–Kier alpha value is -3.20. The lowest BCUT2D eigenvalue weighted by Gasteiger charge is -2.59. The van der Waals surface area contributed by atoms with Gasteiger partial charge >= 0.3 is 0 Å². The van der Waals surface area contributed by atoms with E-state index in [0.29, 0.717) is 12.8 Å². The summed E-state index contributed by atoms with van der Waals surface area (Å²) in [7, 11) is 0. The molecule has 2 fully saturated rings. The van der Waals surface area contributed by atoms with Gasteiger partial charge in [-0.2, -0.15) is 0 Å². The van der Waals surface area contributed by atoms with Gasteiger partial charge in [-0.05, 0) is 65.2 Å². The second-order valence-corrected chi connectivity index (χ2v) is 10.5. The monoisotopic (exact) mass is 460 g/mol. The largest absolute Gasteiger partial charge is 0.385 e. The van der Waals surface area contributed by atoms with Crippen molar-refractivity contribution in [2.75, 3.05) is 0 Å². The fourth-order valence-corrected chi connectivity index (χ4v) is 7.13. The molecule has 0 aromatic heterocycles. The van der Waals surface area contributed by atoms with E-state index in [-0.39, 0.29) is 23.7 Å². The van der Waals surface area contributed by atoms with Crippen LogP contribution < -0.4 is 0 Å². The second kappa shape index (κ2) is 8.78. The lowest BCUT2D eigenvalue weighted by atomic mass is 9.48. The average molecular weight is 461 g/mol. The summed E-state index contributed by atoms with van der Waals surface area (Å²) in [6.07, 6.45) is 1.94. The quantitative estimate of drug-likeness (QED) is 0.353. The van der Waals surface area contributed by atoms with Crippen molar-refractivity contribution < 1.29 is 10.2 Å². The summed E-state index contributed by atoms with van der Waals surface area (Å²) in [6.45, 7) is 0. The fraction of sp³-hybridized carbons (Fsp3) is 0.273. The van der Waals surface area contributed by atoms with E-state index in [1.54, 1.807) is 0 Å². The summed E-state index contributed by atoms with van der Waals surface area (Å²) in [5, 5.41) is 25.2. The summed E-state index contributed by atoms with van der Waals surface area (Å²) >= 11 is 0. The molecule has 0 aliphatic heterocycles. The van der Waals surface area contributed by atoms with Crippen LogP contribution in [0.15, 0.2) is 121 Å². The molecule has 176 valence electrons. The van der Waals surface area contributed by atoms with Gasteiger partial charge in [-0.15, -0.1) is 0 Å². The van der Waals surface area contributed by atoms with Gasteiger partial charge in [0.1, 0.15) is 0 Å². The van der Waals surface area contributed by atoms with Crippen molar-refractivity contribution in [3.05, 3.63) is 144 Å². The molecule has 2 saturated carbocycles. The van der Waals surface area contributed by atoms with Crippen molar-refractivity contribution in [2.24, 2.45) is 11.8 Å². The highest BCUT2D eigenvalue weighted by molar-refractivity contribution is 5.38. The fourth-order valence-electron chi connectivity index (χ4n) is 7.13. The van der Waals surface area contributed by atoms with Crippen LogP contribution >= 0.6 is 0 Å². The summed E-state index contributed by atoms with van der Waals surface area (Å²) in [5.41, 5.74) is 2.40. The topological polar surface area (TPSA) is 40.5 Å². The Bertz CT molecular complexity index is 1160. The maximum Gasteiger partial charge on any atom is 0.0936 e. The maximum atomic E-state index is 12.6. The minimum Gasteiger partial charge on any atom is -0.385 e. The van der Waals surface area contributed by atoms with Gasteiger partial charge in [0.2, 0.25) is 0 Å². The Balaban J connectivity index is 1.54. The van der Waals surface area contributed by atoms with Gasteiger partial charge in [0.05, 0.1) is 11.2 Å². The zero-order valence-corrected chi connectivity index (χ0v) is 19.9. The Kier molecular flexibility index (Phi) is 5.59. The second-order valence-electron chi connectivity index (χ2n) is 10.5. The molecule has 4 aromatic rings. The first-order chi connectivity index (χ1) is 17.1. The number of hydrogen-bond acceptors (Lipinski definition) is 2. The molecule has 35 heavy (non-hydrogen) atoms. The summed E-state index contributed by atoms with van der Waals surface area (Å²) in [6, 6.07) is 41.4. The van der Waals surface area contributed by atoms with E-state index < -0.39 is 11.2 Å². The van der Waals surface area contributed by atoms with E-state index in [2.05, 4.69) is 72.8 Å². The number of rotatable bonds is 4. The molecule has 2 bridgehead atoms. The zero-order valence-electron chi connectivity index (χ0n) is 19.9. The number of hydrogen-bond donors (Lipinski definition) is 2. The third-order valence-electron chi connectivity index (χ3n) is 8.77. The zero-order chi connectivity index (χ0) is 23.9. The molecule has 0 radical (unpaired) electrons. The number of fused-ring (bicyclic) bond motifs is 2. The lowest BCUT2D eigenvalue weighted by molar-refractivity contribution is -0.174. The van der Waals surface area contributed by atoms with E-state index in [1.165, 1.54) is 11.1 Å². The predicted octanol–water partition coefficient (Wildman–Crippen LogP) is 6.76.